The predicted octanol–water partition coefficient (Wildman–Crippen LogP) is 2.62. The van der Waals surface area contributed by atoms with Crippen LogP contribution in [0.2, 0.25) is 0 Å². The molecular formula is C12H12O3. The van der Waals surface area contributed by atoms with Crippen LogP contribution in [0.3, 0.4) is 0 Å². The van der Waals surface area contributed by atoms with Gasteiger partial charge in [0.05, 0.1) is 0 Å². The minimum atomic E-state index is -0.205. The average molecular weight is 204 g/mol. The molecule has 0 aromatic heterocycles. The predicted molar refractivity (Wildman–Crippen MR) is 58.1 cm³/mol. The molecule has 3 nitrogen and oxygen atoms in total. The molecule has 0 unspecified atom stereocenters. The summed E-state index contributed by atoms with van der Waals surface area (Å²) in [4.78, 5) is 22.4. The van der Waals surface area contributed by atoms with Crippen LogP contribution in [0.15, 0.2) is 24.8 Å². The largest absolute Gasteiger partial charge is 0.508 e. The summed E-state index contributed by atoms with van der Waals surface area (Å²) < 4.78 is 0. The Kier molecular flexibility index (Phi) is 3.04. The number of carbonyl (C=O) groups excluding carboxylic acids is 2. The number of aliphatic hydroxyl groups excluding tert-OH is 1. The molecule has 15 heavy (non-hydrogen) atoms. The average Bonchev–Trinajstić information content (AvgIpc) is 2.16. The normalized spacial score (nSPS) is 9.73. The number of rotatable bonds is 3. The first-order valence-electron chi connectivity index (χ1n) is 4.47. The highest BCUT2D eigenvalue weighted by atomic mass is 16.3. The van der Waals surface area contributed by atoms with Gasteiger partial charge >= 0.3 is 0 Å². The Balaban J connectivity index is 3.40. The molecule has 0 atom stereocenters. The minimum Gasteiger partial charge on any atom is -0.508 e. The van der Waals surface area contributed by atoms with Crippen molar-refractivity contribution in [3.8, 4) is 0 Å². The Bertz CT molecular complexity index is 444. The van der Waals surface area contributed by atoms with Gasteiger partial charge in [0.15, 0.2) is 11.6 Å². The van der Waals surface area contributed by atoms with Crippen LogP contribution in [0.4, 0.5) is 0 Å². The van der Waals surface area contributed by atoms with Gasteiger partial charge < -0.3 is 5.11 Å². The van der Waals surface area contributed by atoms with E-state index in [0.29, 0.717) is 16.7 Å². The van der Waals surface area contributed by atoms with Gasteiger partial charge in [0.1, 0.15) is 5.76 Å². The van der Waals surface area contributed by atoms with E-state index in [1.54, 1.807) is 6.07 Å². The van der Waals surface area contributed by atoms with Crippen molar-refractivity contribution < 1.29 is 14.7 Å². The summed E-state index contributed by atoms with van der Waals surface area (Å²) in [5.74, 6) is -0.494. The molecule has 0 saturated heterocycles. The van der Waals surface area contributed by atoms with Gasteiger partial charge in [0.2, 0.25) is 0 Å². The van der Waals surface area contributed by atoms with Crippen LogP contribution in [0.25, 0.3) is 5.76 Å². The molecule has 0 heterocycles. The Morgan fingerprint density at radius 1 is 1.13 bits per heavy atom. The molecule has 0 amide bonds. The van der Waals surface area contributed by atoms with Crippen molar-refractivity contribution in [3.05, 3.63) is 41.5 Å². The lowest BCUT2D eigenvalue weighted by molar-refractivity contribution is 0.101. The van der Waals surface area contributed by atoms with E-state index in [1.807, 2.05) is 0 Å². The summed E-state index contributed by atoms with van der Waals surface area (Å²) in [7, 11) is 0. The van der Waals surface area contributed by atoms with Crippen molar-refractivity contribution in [1.82, 2.24) is 0 Å². The molecule has 1 aromatic carbocycles. The molecule has 3 heteroatoms. The molecule has 1 aromatic rings. The van der Waals surface area contributed by atoms with Crippen LogP contribution in [0.1, 0.15) is 40.1 Å². The van der Waals surface area contributed by atoms with E-state index in [1.165, 1.54) is 26.0 Å². The van der Waals surface area contributed by atoms with Crippen molar-refractivity contribution in [1.29, 1.82) is 0 Å². The third kappa shape index (κ3) is 2.31. The quantitative estimate of drug-likeness (QED) is 0.608. The summed E-state index contributed by atoms with van der Waals surface area (Å²) in [6.07, 6.45) is 0. The van der Waals surface area contributed by atoms with E-state index in [-0.39, 0.29) is 17.3 Å². The summed E-state index contributed by atoms with van der Waals surface area (Å²) in [5, 5.41) is 9.25. The Morgan fingerprint density at radius 2 is 1.73 bits per heavy atom. The van der Waals surface area contributed by atoms with Crippen LogP contribution in [-0.2, 0) is 0 Å². The van der Waals surface area contributed by atoms with E-state index in [2.05, 4.69) is 6.58 Å². The zero-order valence-electron chi connectivity index (χ0n) is 8.70. The molecule has 78 valence electrons. The van der Waals surface area contributed by atoms with Gasteiger partial charge in [-0.25, -0.2) is 0 Å². The van der Waals surface area contributed by atoms with Crippen molar-refractivity contribution in [2.45, 2.75) is 13.8 Å². The van der Waals surface area contributed by atoms with Gasteiger partial charge in [-0.1, -0.05) is 12.6 Å². The van der Waals surface area contributed by atoms with Gasteiger partial charge in [0.25, 0.3) is 0 Å². The molecule has 0 radical (unpaired) electrons. The third-order valence-electron chi connectivity index (χ3n) is 2.12. The third-order valence-corrected chi connectivity index (χ3v) is 2.12. The number of carbonyl (C=O) groups is 2. The number of hydrogen-bond donors (Lipinski definition) is 1. The second-order valence-electron chi connectivity index (χ2n) is 3.32. The molecule has 0 aliphatic heterocycles. The molecule has 1 N–H and O–H groups in total. The second-order valence-corrected chi connectivity index (χ2v) is 3.32. The van der Waals surface area contributed by atoms with Crippen LogP contribution < -0.4 is 0 Å². The fraction of sp³-hybridized carbons (Fsp3) is 0.167. The fourth-order valence-corrected chi connectivity index (χ4v) is 1.31. The fourth-order valence-electron chi connectivity index (χ4n) is 1.31. The van der Waals surface area contributed by atoms with E-state index >= 15 is 0 Å². The first-order chi connectivity index (χ1) is 6.93. The highest BCUT2D eigenvalue weighted by Gasteiger charge is 2.11. The lowest BCUT2D eigenvalue weighted by Crippen LogP contribution is -2.02. The summed E-state index contributed by atoms with van der Waals surface area (Å²) in [5.41, 5.74) is 1.13. The van der Waals surface area contributed by atoms with Crippen molar-refractivity contribution >= 4 is 17.3 Å². The molecule has 0 spiro atoms. The zero-order chi connectivity index (χ0) is 11.6. The smallest absolute Gasteiger partial charge is 0.160 e. The van der Waals surface area contributed by atoms with Crippen LogP contribution >= 0.6 is 0 Å². The van der Waals surface area contributed by atoms with E-state index in [9.17, 15) is 14.7 Å². The number of benzene rings is 1. The van der Waals surface area contributed by atoms with E-state index < -0.39 is 0 Å². The van der Waals surface area contributed by atoms with E-state index in [0.717, 1.165) is 0 Å². The first-order valence-corrected chi connectivity index (χ1v) is 4.47. The molecule has 0 saturated carbocycles. The van der Waals surface area contributed by atoms with Crippen molar-refractivity contribution in [2.24, 2.45) is 0 Å². The van der Waals surface area contributed by atoms with Gasteiger partial charge in [-0.15, -0.1) is 0 Å². The van der Waals surface area contributed by atoms with Crippen LogP contribution in [0, 0.1) is 0 Å². The molecule has 0 aliphatic rings. The van der Waals surface area contributed by atoms with E-state index in [4.69, 9.17) is 0 Å². The van der Waals surface area contributed by atoms with Crippen LogP contribution in [0.5, 0.6) is 0 Å². The standard InChI is InChI=1S/C12H12O3/c1-7(13)10-4-5-11(8(2)14)12(6-10)9(3)15/h4-6,14H,2H2,1,3H3. The molecular weight excluding hydrogens is 192 g/mol. The monoisotopic (exact) mass is 204 g/mol. The minimum absolute atomic E-state index is 0.118. The second kappa shape index (κ2) is 4.09. The summed E-state index contributed by atoms with van der Waals surface area (Å²) in [6, 6.07) is 4.56. The topological polar surface area (TPSA) is 54.4 Å². The lowest BCUT2D eigenvalue weighted by Gasteiger charge is -2.06. The summed E-state index contributed by atoms with van der Waals surface area (Å²) in [6.45, 7) is 6.17. The molecule has 1 rings (SSSR count). The Labute approximate surface area is 88.0 Å². The zero-order valence-corrected chi connectivity index (χ0v) is 8.70. The van der Waals surface area contributed by atoms with Gasteiger partial charge in [-0.05, 0) is 26.0 Å². The van der Waals surface area contributed by atoms with Gasteiger partial charge in [-0.2, -0.15) is 0 Å². The lowest BCUT2D eigenvalue weighted by atomic mass is 9.99. The Hall–Kier alpha value is -1.90. The van der Waals surface area contributed by atoms with Gasteiger partial charge in [-0.3, -0.25) is 9.59 Å². The number of hydrogen-bond acceptors (Lipinski definition) is 3. The molecule has 0 fully saturated rings. The van der Waals surface area contributed by atoms with Crippen LogP contribution in [-0.4, -0.2) is 16.7 Å². The maximum atomic E-state index is 11.3. The number of Topliss-reactive ketones (excluding diaryl/α,β-unsaturated/α-hetero) is 2. The highest BCUT2D eigenvalue weighted by Crippen LogP contribution is 2.18. The first kappa shape index (κ1) is 11.2. The van der Waals surface area contributed by atoms with Gasteiger partial charge in [0, 0.05) is 16.7 Å². The highest BCUT2D eigenvalue weighted by molar-refractivity contribution is 6.02. The maximum Gasteiger partial charge on any atom is 0.160 e. The summed E-state index contributed by atoms with van der Waals surface area (Å²) >= 11 is 0. The SMILES string of the molecule is C=C(O)c1ccc(C(C)=O)cc1C(C)=O. The van der Waals surface area contributed by atoms with Crippen molar-refractivity contribution in [3.63, 3.8) is 0 Å². The maximum absolute atomic E-state index is 11.3. The number of aliphatic hydroxyl groups is 1. The Morgan fingerprint density at radius 3 is 2.13 bits per heavy atom. The molecule has 0 aliphatic carbocycles. The molecule has 0 bridgehead atoms. The number of ketones is 2. The van der Waals surface area contributed by atoms with Crippen molar-refractivity contribution in [2.75, 3.05) is 0 Å².